The van der Waals surface area contributed by atoms with Gasteiger partial charge in [0.1, 0.15) is 0 Å². The van der Waals surface area contributed by atoms with E-state index in [1.807, 2.05) is 51.1 Å². The first-order valence-corrected chi connectivity index (χ1v) is 8.16. The minimum atomic E-state index is -0.983. The molecule has 0 saturated heterocycles. The second kappa shape index (κ2) is 7.49. The second-order valence-corrected chi connectivity index (χ2v) is 7.10. The molecule has 4 N–H and O–H groups in total. The number of aromatic carboxylic acids is 1. The van der Waals surface area contributed by atoms with E-state index in [4.69, 9.17) is 5.73 Å². The quantitative estimate of drug-likeness (QED) is 0.779. The van der Waals surface area contributed by atoms with Gasteiger partial charge >= 0.3 is 5.97 Å². The summed E-state index contributed by atoms with van der Waals surface area (Å²) in [6, 6.07) is 13.7. The third-order valence-corrected chi connectivity index (χ3v) is 3.96. The van der Waals surface area contributed by atoms with Crippen LogP contribution in [0.25, 0.3) is 0 Å². The fraction of sp³-hybridized carbons (Fsp3) is 0.300. The molecule has 1 amide bonds. The third-order valence-electron chi connectivity index (χ3n) is 3.96. The Hall–Kier alpha value is -2.66. The lowest BCUT2D eigenvalue weighted by Crippen LogP contribution is -2.37. The van der Waals surface area contributed by atoms with Crippen molar-refractivity contribution in [1.29, 1.82) is 0 Å². The maximum Gasteiger partial charge on any atom is 0.335 e. The number of nitrogens with one attached hydrogen (secondary N) is 1. The van der Waals surface area contributed by atoms with Crippen LogP contribution in [0.2, 0.25) is 0 Å². The van der Waals surface area contributed by atoms with E-state index in [0.29, 0.717) is 17.7 Å². The molecule has 2 rings (SSSR count). The molecule has 0 bridgehead atoms. The van der Waals surface area contributed by atoms with E-state index in [-0.39, 0.29) is 16.9 Å². The zero-order valence-electron chi connectivity index (χ0n) is 14.7. The average Bonchev–Trinajstić information content (AvgIpc) is 2.54. The molecule has 1 unspecified atom stereocenters. The lowest BCUT2D eigenvalue weighted by atomic mass is 9.83. The molecule has 0 spiro atoms. The van der Waals surface area contributed by atoms with Crippen LogP contribution in [0, 0.1) is 0 Å². The van der Waals surface area contributed by atoms with Crippen molar-refractivity contribution in [2.75, 3.05) is 5.32 Å². The number of hydrogen-bond acceptors (Lipinski definition) is 3. The molecule has 0 radical (unpaired) electrons. The summed E-state index contributed by atoms with van der Waals surface area (Å²) in [5.41, 5.74) is 8.06. The SMILES string of the molecule is CC(C)(C)c1cc(NC(=O)C(N)Cc2ccccc2)ccc1C(=O)O. The van der Waals surface area contributed by atoms with Gasteiger partial charge < -0.3 is 16.2 Å². The van der Waals surface area contributed by atoms with Gasteiger partial charge in [-0.3, -0.25) is 4.79 Å². The van der Waals surface area contributed by atoms with Crippen molar-refractivity contribution in [3.63, 3.8) is 0 Å². The molecule has 0 aliphatic heterocycles. The van der Waals surface area contributed by atoms with Crippen LogP contribution in [0.5, 0.6) is 0 Å². The van der Waals surface area contributed by atoms with Crippen molar-refractivity contribution in [3.8, 4) is 0 Å². The smallest absolute Gasteiger partial charge is 0.335 e. The summed E-state index contributed by atoms with van der Waals surface area (Å²) in [6.07, 6.45) is 0.437. The predicted molar refractivity (Wildman–Crippen MR) is 98.9 cm³/mol. The number of anilines is 1. The Bertz CT molecular complexity index is 764. The molecule has 1 atom stereocenters. The van der Waals surface area contributed by atoms with Crippen LogP contribution in [-0.4, -0.2) is 23.0 Å². The molecule has 0 fully saturated rings. The predicted octanol–water partition coefficient (Wildman–Crippen LogP) is 3.19. The second-order valence-electron chi connectivity index (χ2n) is 7.10. The van der Waals surface area contributed by atoms with Crippen LogP contribution < -0.4 is 11.1 Å². The van der Waals surface area contributed by atoms with Crippen LogP contribution >= 0.6 is 0 Å². The molecular weight excluding hydrogens is 316 g/mol. The molecule has 5 nitrogen and oxygen atoms in total. The molecule has 5 heteroatoms. The maximum absolute atomic E-state index is 12.3. The number of hydrogen-bond donors (Lipinski definition) is 3. The summed E-state index contributed by atoms with van der Waals surface area (Å²) in [5.74, 6) is -1.28. The number of carboxylic acid groups (broad SMARTS) is 1. The summed E-state index contributed by atoms with van der Waals surface area (Å²) in [7, 11) is 0. The summed E-state index contributed by atoms with van der Waals surface area (Å²) >= 11 is 0. The van der Waals surface area contributed by atoms with Crippen molar-refractivity contribution in [2.24, 2.45) is 5.73 Å². The molecule has 0 saturated carbocycles. The van der Waals surface area contributed by atoms with Crippen LogP contribution in [-0.2, 0) is 16.6 Å². The van der Waals surface area contributed by atoms with Gasteiger partial charge in [-0.15, -0.1) is 0 Å². The molecule has 25 heavy (non-hydrogen) atoms. The summed E-state index contributed by atoms with van der Waals surface area (Å²) < 4.78 is 0. The zero-order valence-corrected chi connectivity index (χ0v) is 14.7. The van der Waals surface area contributed by atoms with Gasteiger partial charge in [-0.1, -0.05) is 51.1 Å². The summed E-state index contributed by atoms with van der Waals surface area (Å²) in [4.78, 5) is 23.8. The number of rotatable bonds is 5. The Morgan fingerprint density at radius 3 is 2.32 bits per heavy atom. The highest BCUT2D eigenvalue weighted by Gasteiger charge is 2.23. The fourth-order valence-corrected chi connectivity index (χ4v) is 2.62. The van der Waals surface area contributed by atoms with Gasteiger partial charge in [-0.25, -0.2) is 4.79 Å². The van der Waals surface area contributed by atoms with E-state index in [1.54, 1.807) is 12.1 Å². The van der Waals surface area contributed by atoms with Crippen molar-refractivity contribution >= 4 is 17.6 Å². The van der Waals surface area contributed by atoms with Crippen LogP contribution in [0.3, 0.4) is 0 Å². The van der Waals surface area contributed by atoms with E-state index in [0.717, 1.165) is 5.56 Å². The van der Waals surface area contributed by atoms with Crippen LogP contribution in [0.15, 0.2) is 48.5 Å². The van der Waals surface area contributed by atoms with Gasteiger partial charge in [0.05, 0.1) is 11.6 Å². The van der Waals surface area contributed by atoms with E-state index in [2.05, 4.69) is 5.32 Å². The number of carbonyl (C=O) groups excluding carboxylic acids is 1. The van der Waals surface area contributed by atoms with Gasteiger partial charge in [0.15, 0.2) is 0 Å². The minimum Gasteiger partial charge on any atom is -0.478 e. The Kier molecular flexibility index (Phi) is 5.59. The van der Waals surface area contributed by atoms with Crippen molar-refractivity contribution < 1.29 is 14.7 Å². The first-order valence-electron chi connectivity index (χ1n) is 8.16. The van der Waals surface area contributed by atoms with E-state index < -0.39 is 12.0 Å². The minimum absolute atomic E-state index is 0.235. The Balaban J connectivity index is 2.16. The highest BCUT2D eigenvalue weighted by molar-refractivity contribution is 5.96. The normalized spacial score (nSPS) is 12.5. The van der Waals surface area contributed by atoms with Crippen molar-refractivity contribution in [3.05, 3.63) is 65.2 Å². The standard InChI is InChI=1S/C20H24N2O3/c1-20(2,3)16-12-14(9-10-15(16)19(24)25)22-18(23)17(21)11-13-7-5-4-6-8-13/h4-10,12,17H,11,21H2,1-3H3,(H,22,23)(H,24,25). The number of carbonyl (C=O) groups is 2. The third kappa shape index (κ3) is 4.90. The van der Waals surface area contributed by atoms with Crippen LogP contribution in [0.4, 0.5) is 5.69 Å². The monoisotopic (exact) mass is 340 g/mol. The zero-order chi connectivity index (χ0) is 18.6. The van der Waals surface area contributed by atoms with Crippen molar-refractivity contribution in [1.82, 2.24) is 0 Å². The van der Waals surface area contributed by atoms with Gasteiger partial charge in [0.2, 0.25) is 5.91 Å². The molecular formula is C20H24N2O3. The first-order chi connectivity index (χ1) is 11.7. The first kappa shape index (κ1) is 18.7. The molecule has 0 heterocycles. The maximum atomic E-state index is 12.3. The number of amides is 1. The molecule has 0 aliphatic carbocycles. The molecule has 0 aromatic heterocycles. The number of nitrogens with two attached hydrogens (primary N) is 1. The lowest BCUT2D eigenvalue weighted by molar-refractivity contribution is -0.117. The van der Waals surface area contributed by atoms with E-state index in [1.165, 1.54) is 6.07 Å². The molecule has 132 valence electrons. The molecule has 2 aromatic carbocycles. The lowest BCUT2D eigenvalue weighted by Gasteiger charge is -2.22. The van der Waals surface area contributed by atoms with Gasteiger partial charge in [-0.05, 0) is 41.2 Å². The van der Waals surface area contributed by atoms with Gasteiger partial charge in [-0.2, -0.15) is 0 Å². The largest absolute Gasteiger partial charge is 0.478 e. The van der Waals surface area contributed by atoms with Gasteiger partial charge in [0, 0.05) is 5.69 Å². The Morgan fingerprint density at radius 1 is 1.12 bits per heavy atom. The van der Waals surface area contributed by atoms with Crippen LogP contribution in [0.1, 0.15) is 42.3 Å². The summed E-state index contributed by atoms with van der Waals surface area (Å²) in [5, 5.41) is 12.1. The average molecular weight is 340 g/mol. The van der Waals surface area contributed by atoms with E-state index >= 15 is 0 Å². The Morgan fingerprint density at radius 2 is 1.76 bits per heavy atom. The topological polar surface area (TPSA) is 92.4 Å². The molecule has 0 aliphatic rings. The fourth-order valence-electron chi connectivity index (χ4n) is 2.62. The Labute approximate surface area is 147 Å². The number of benzene rings is 2. The van der Waals surface area contributed by atoms with Gasteiger partial charge in [0.25, 0.3) is 0 Å². The van der Waals surface area contributed by atoms with E-state index in [9.17, 15) is 14.7 Å². The molecule has 2 aromatic rings. The highest BCUT2D eigenvalue weighted by atomic mass is 16.4. The summed E-state index contributed by atoms with van der Waals surface area (Å²) in [6.45, 7) is 5.80. The van der Waals surface area contributed by atoms with Crippen molar-refractivity contribution in [2.45, 2.75) is 38.6 Å². The number of carboxylic acids is 1. The highest BCUT2D eigenvalue weighted by Crippen LogP contribution is 2.28.